The van der Waals surface area contributed by atoms with Crippen molar-refractivity contribution in [2.24, 2.45) is 5.92 Å². The number of nitrogens with zero attached hydrogens (tertiary/aromatic N) is 4. The molecule has 1 aromatic carbocycles. The number of nitrogens with one attached hydrogen (secondary N) is 4. The number of aromatic nitrogens is 2. The SMILES string of the molecule is CC[C@@]1(OC(=O)C(NC(=O)[C@@H]2CCCN2C(=O)[C@H](CC(=O)O)NC(=O)CCOCCOCCOCCNC(=O)CCCCCN2C(=O)CC(SC)C2=O)C(C)C)C(=O)OCc2c1cc1n(c2=O)Cc2c-1nc1cc(F)c(C)c3c1c2[C@@H](NC(C)=O)CC3. The second-order valence-electron chi connectivity index (χ2n) is 22.7. The predicted molar refractivity (Wildman–Crippen MR) is 311 cm³/mol. The molecular formula is C60H77FN8O17S. The number of carboxylic acids is 1. The van der Waals surface area contributed by atoms with E-state index in [1.807, 2.05) is 6.26 Å². The first-order valence-electron chi connectivity index (χ1n) is 29.7. The lowest BCUT2D eigenvalue weighted by Gasteiger charge is -2.37. The second kappa shape index (κ2) is 29.1. The number of carbonyl (C=O) groups excluding carboxylic acids is 9. The molecule has 0 bridgehead atoms. The number of fused-ring (bicyclic) bond motifs is 5. The summed E-state index contributed by atoms with van der Waals surface area (Å²) in [5, 5.41) is 21.1. The lowest BCUT2D eigenvalue weighted by molar-refractivity contribution is -0.191. The van der Waals surface area contributed by atoms with E-state index in [4.69, 9.17) is 28.7 Å². The Morgan fingerprint density at radius 3 is 2.31 bits per heavy atom. The normalized spacial score (nSPS) is 20.0. The number of likely N-dealkylation sites (tertiary alicyclic amines) is 2. The molecule has 5 N–H and O–H groups in total. The molecule has 25 nitrogen and oxygen atoms in total. The lowest BCUT2D eigenvalue weighted by Crippen LogP contribution is -2.57. The minimum absolute atomic E-state index is 0.0292. The van der Waals surface area contributed by atoms with Gasteiger partial charge in [-0.15, -0.1) is 0 Å². The highest BCUT2D eigenvalue weighted by Crippen LogP contribution is 2.47. The molecule has 0 radical (unpaired) electrons. The Bertz CT molecular complexity index is 3270. The third-order valence-corrected chi connectivity index (χ3v) is 17.6. The average molecular weight is 1230 g/mol. The van der Waals surface area contributed by atoms with Crippen LogP contribution in [0.3, 0.4) is 0 Å². The number of amides is 7. The first kappa shape index (κ1) is 65.6. The number of unbranched alkanes of at least 4 members (excludes halogenated alkanes) is 2. The Morgan fingerprint density at radius 1 is 0.908 bits per heavy atom. The molecule has 2 fully saturated rings. The van der Waals surface area contributed by atoms with Crippen LogP contribution in [0.25, 0.3) is 22.3 Å². The van der Waals surface area contributed by atoms with Gasteiger partial charge in [-0.2, -0.15) is 11.8 Å². The first-order chi connectivity index (χ1) is 41.6. The molecule has 7 amide bonds. The van der Waals surface area contributed by atoms with Crippen molar-refractivity contribution in [3.8, 4) is 11.4 Å². The molecule has 4 aliphatic heterocycles. The number of hydrogen-bond acceptors (Lipinski definition) is 18. The molecule has 2 saturated heterocycles. The number of aliphatic carboxylic acids is 1. The highest BCUT2D eigenvalue weighted by Gasteiger charge is 2.52. The van der Waals surface area contributed by atoms with Crippen LogP contribution in [0.4, 0.5) is 4.39 Å². The number of aryl methyl sites for hydroxylation is 1. The van der Waals surface area contributed by atoms with Gasteiger partial charge in [-0.3, -0.25) is 48.1 Å². The Balaban J connectivity index is 0.807. The van der Waals surface area contributed by atoms with Crippen molar-refractivity contribution in [1.82, 2.24) is 40.6 Å². The Labute approximate surface area is 506 Å². The van der Waals surface area contributed by atoms with Gasteiger partial charge >= 0.3 is 17.9 Å². The van der Waals surface area contributed by atoms with Crippen molar-refractivity contribution in [2.45, 2.75) is 160 Å². The molecular weight excluding hydrogens is 1160 g/mol. The number of ether oxygens (including phenoxy) is 5. The topological polar surface area (TPSA) is 327 Å². The molecule has 0 saturated carbocycles. The quantitative estimate of drug-likeness (QED) is 0.0285. The first-order valence-corrected chi connectivity index (χ1v) is 31.0. The van der Waals surface area contributed by atoms with Gasteiger partial charge in [0.25, 0.3) is 5.56 Å². The van der Waals surface area contributed by atoms with Crippen molar-refractivity contribution in [3.63, 3.8) is 0 Å². The summed E-state index contributed by atoms with van der Waals surface area (Å²) in [6.07, 6.45) is 4.49. The van der Waals surface area contributed by atoms with E-state index in [0.717, 1.165) is 16.0 Å². The van der Waals surface area contributed by atoms with Crippen LogP contribution in [-0.4, -0.2) is 173 Å². The fourth-order valence-electron chi connectivity index (χ4n) is 12.1. The monoisotopic (exact) mass is 1230 g/mol. The smallest absolute Gasteiger partial charge is 0.355 e. The minimum atomic E-state index is -2.19. The van der Waals surface area contributed by atoms with Gasteiger partial charge in [0.2, 0.25) is 47.0 Å². The van der Waals surface area contributed by atoms with Crippen LogP contribution in [0.1, 0.15) is 138 Å². The van der Waals surface area contributed by atoms with Gasteiger partial charge in [0.15, 0.2) is 0 Å². The van der Waals surface area contributed by atoms with Crippen molar-refractivity contribution in [3.05, 3.63) is 61.7 Å². The second-order valence-corrected chi connectivity index (χ2v) is 23.7. The number of halogens is 1. The van der Waals surface area contributed by atoms with E-state index in [1.165, 1.54) is 34.2 Å². The number of carboxylic acid groups (broad SMARTS) is 1. The molecule has 472 valence electrons. The molecule has 87 heavy (non-hydrogen) atoms. The van der Waals surface area contributed by atoms with Gasteiger partial charge in [-0.05, 0) is 86.8 Å². The van der Waals surface area contributed by atoms with E-state index in [9.17, 15) is 57.8 Å². The van der Waals surface area contributed by atoms with Crippen LogP contribution < -0.4 is 26.8 Å². The Kier molecular flexibility index (Phi) is 21.9. The van der Waals surface area contributed by atoms with E-state index >= 15 is 4.39 Å². The number of esters is 2. The largest absolute Gasteiger partial charge is 0.481 e. The third kappa shape index (κ3) is 14.6. The highest BCUT2D eigenvalue weighted by atomic mass is 32.2. The van der Waals surface area contributed by atoms with E-state index in [1.54, 1.807) is 33.8 Å². The van der Waals surface area contributed by atoms with Crippen LogP contribution >= 0.6 is 11.8 Å². The molecule has 5 aliphatic rings. The van der Waals surface area contributed by atoms with Crippen LogP contribution in [0, 0.1) is 18.7 Å². The molecule has 2 unspecified atom stereocenters. The fourth-order valence-corrected chi connectivity index (χ4v) is 12.7. The number of hydrogen-bond donors (Lipinski definition) is 5. The van der Waals surface area contributed by atoms with Gasteiger partial charge in [-0.25, -0.2) is 19.0 Å². The maximum atomic E-state index is 15.5. The Hall–Kier alpha value is -7.36. The number of pyridine rings is 2. The predicted octanol–water partition coefficient (Wildman–Crippen LogP) is 2.90. The number of imide groups is 1. The average Bonchev–Trinajstić information content (AvgIpc) is 1.76. The standard InChI is InChI=1S/C60H77FN8O17S/c1-7-60(38-26-44-53-36(30-69(44)55(77)37(38)31-85-59(60)81)51-40(63-34(5)70)15-14-35-33(4)39(61)27-41(65-53)50(35)51)86-58(80)52(32(2)3)66-54(76)43-12-11-19-67(43)56(78)42(28-49(74)75)64-47(72)16-20-82-22-24-84-25-23-83-21-17-62-46(71)13-9-8-10-18-68-48(73)29-45(87-6)57(68)79/h26-27,32,40,42-43,45,52H,7-25,28-31H2,1-6H3,(H,62,71)(H,63,70)(H,64,72)(H,66,76)(H,74,75)/t40-,42-,43-,45?,52?,60-/m0/s1. The summed E-state index contributed by atoms with van der Waals surface area (Å²) in [7, 11) is 0. The van der Waals surface area contributed by atoms with E-state index in [2.05, 4.69) is 21.3 Å². The zero-order valence-corrected chi connectivity index (χ0v) is 50.8. The molecule has 27 heteroatoms. The van der Waals surface area contributed by atoms with E-state index in [-0.39, 0.29) is 124 Å². The van der Waals surface area contributed by atoms with Crippen LogP contribution in [0.5, 0.6) is 0 Å². The maximum Gasteiger partial charge on any atom is 0.355 e. The summed E-state index contributed by atoms with van der Waals surface area (Å²) < 4.78 is 45.2. The van der Waals surface area contributed by atoms with Gasteiger partial charge < -0.3 is 59.5 Å². The van der Waals surface area contributed by atoms with Gasteiger partial charge in [0.05, 0.1) is 86.4 Å². The number of thioether (sulfide) groups is 1. The number of rotatable bonds is 30. The van der Waals surface area contributed by atoms with Gasteiger partial charge in [-0.1, -0.05) is 27.2 Å². The molecule has 3 aromatic rings. The summed E-state index contributed by atoms with van der Waals surface area (Å²) in [6.45, 7) is 9.14. The third-order valence-electron chi connectivity index (χ3n) is 16.6. The molecule has 2 aromatic heterocycles. The molecule has 1 aliphatic carbocycles. The summed E-state index contributed by atoms with van der Waals surface area (Å²) >= 11 is 1.38. The molecule has 0 spiro atoms. The van der Waals surface area contributed by atoms with Crippen LogP contribution in [0.15, 0.2) is 16.9 Å². The molecule has 6 atom stereocenters. The van der Waals surface area contributed by atoms with Crippen molar-refractivity contribution in [1.29, 1.82) is 0 Å². The zero-order valence-electron chi connectivity index (χ0n) is 49.9. The number of benzene rings is 1. The van der Waals surface area contributed by atoms with Crippen molar-refractivity contribution in [2.75, 3.05) is 65.5 Å². The highest BCUT2D eigenvalue weighted by molar-refractivity contribution is 8.00. The van der Waals surface area contributed by atoms with E-state index in [0.29, 0.717) is 85.8 Å². The van der Waals surface area contributed by atoms with Crippen molar-refractivity contribution < 1.29 is 81.1 Å². The van der Waals surface area contributed by atoms with Gasteiger partial charge in [0, 0.05) is 68.4 Å². The Morgan fingerprint density at radius 2 is 1.63 bits per heavy atom. The minimum Gasteiger partial charge on any atom is -0.481 e. The fraction of sp³-hybridized carbons (Fsp3) is 0.600. The summed E-state index contributed by atoms with van der Waals surface area (Å²) in [5.74, 6) is -7.53. The number of cyclic esters (lactones) is 1. The van der Waals surface area contributed by atoms with E-state index < -0.39 is 95.7 Å². The zero-order chi connectivity index (χ0) is 62.9. The van der Waals surface area contributed by atoms with Crippen molar-refractivity contribution >= 4 is 81.9 Å². The summed E-state index contributed by atoms with van der Waals surface area (Å²) in [6, 6.07) is -1.77. The summed E-state index contributed by atoms with van der Waals surface area (Å²) in [5.41, 5.74) is 0.871. The maximum absolute atomic E-state index is 15.5. The van der Waals surface area contributed by atoms with Crippen LogP contribution in [0.2, 0.25) is 0 Å². The summed E-state index contributed by atoms with van der Waals surface area (Å²) in [4.78, 5) is 153. The lowest BCUT2D eigenvalue weighted by atomic mass is 9.81. The number of carbonyl (C=O) groups is 10. The van der Waals surface area contributed by atoms with Crippen LogP contribution in [-0.2, 0) is 96.8 Å². The molecule has 6 heterocycles. The van der Waals surface area contributed by atoms with Gasteiger partial charge in [0.1, 0.15) is 30.5 Å². The molecule has 8 rings (SSSR count).